The molecule has 4 heteroatoms. The molecule has 1 fully saturated rings. The molecule has 98 valence electrons. The molecule has 0 saturated carbocycles. The molecule has 1 heterocycles. The van der Waals surface area contributed by atoms with Gasteiger partial charge in [0.1, 0.15) is 0 Å². The van der Waals surface area contributed by atoms with E-state index in [1.807, 2.05) is 6.07 Å². The van der Waals surface area contributed by atoms with Crippen LogP contribution in [0.25, 0.3) is 0 Å². The van der Waals surface area contributed by atoms with Gasteiger partial charge in [0, 0.05) is 38.6 Å². The molecule has 0 bridgehead atoms. The lowest BCUT2D eigenvalue weighted by Crippen LogP contribution is -2.37. The fourth-order valence-electron chi connectivity index (χ4n) is 2.37. The summed E-state index contributed by atoms with van der Waals surface area (Å²) in [5.74, 6) is 0.0732. The average molecular weight is 247 g/mol. The number of amides is 1. The molecule has 0 spiro atoms. The number of nitrogens with two attached hydrogens (primary N) is 1. The van der Waals surface area contributed by atoms with E-state index in [0.29, 0.717) is 13.0 Å². The number of likely N-dealkylation sites (tertiary alicyclic amines) is 1. The smallest absolute Gasteiger partial charge is 0.221 e. The van der Waals surface area contributed by atoms with Gasteiger partial charge in [-0.2, -0.15) is 0 Å². The first kappa shape index (κ1) is 13.1. The summed E-state index contributed by atoms with van der Waals surface area (Å²) in [6.45, 7) is 3.37. The Hall–Kier alpha value is -1.39. The lowest BCUT2D eigenvalue weighted by atomic mass is 10.2. The van der Waals surface area contributed by atoms with Crippen molar-refractivity contribution in [3.05, 3.63) is 35.9 Å². The van der Waals surface area contributed by atoms with Gasteiger partial charge in [0.05, 0.1) is 0 Å². The van der Waals surface area contributed by atoms with E-state index in [2.05, 4.69) is 34.5 Å². The van der Waals surface area contributed by atoms with Crippen LogP contribution >= 0.6 is 0 Å². The van der Waals surface area contributed by atoms with Crippen molar-refractivity contribution in [2.24, 2.45) is 5.73 Å². The highest BCUT2D eigenvalue weighted by molar-refractivity contribution is 5.76. The highest BCUT2D eigenvalue weighted by Gasteiger charge is 2.23. The molecule has 2 rings (SSSR count). The van der Waals surface area contributed by atoms with Crippen LogP contribution in [0.15, 0.2) is 30.3 Å². The van der Waals surface area contributed by atoms with E-state index in [-0.39, 0.29) is 11.9 Å². The van der Waals surface area contributed by atoms with Gasteiger partial charge < -0.3 is 11.1 Å². The molecule has 0 unspecified atom stereocenters. The number of carbonyl (C=O) groups excluding carboxylic acids is 1. The zero-order chi connectivity index (χ0) is 12.8. The molecule has 1 aromatic carbocycles. The molecular weight excluding hydrogens is 226 g/mol. The number of hydrogen-bond donors (Lipinski definition) is 2. The van der Waals surface area contributed by atoms with E-state index in [9.17, 15) is 4.79 Å². The Morgan fingerprint density at radius 1 is 1.39 bits per heavy atom. The molecule has 18 heavy (non-hydrogen) atoms. The summed E-state index contributed by atoms with van der Waals surface area (Å²) in [4.78, 5) is 13.8. The van der Waals surface area contributed by atoms with Gasteiger partial charge in [0.2, 0.25) is 5.91 Å². The summed E-state index contributed by atoms with van der Waals surface area (Å²) in [5, 5.41) is 3.03. The maximum atomic E-state index is 11.5. The fraction of sp³-hybridized carbons (Fsp3) is 0.500. The van der Waals surface area contributed by atoms with Crippen LogP contribution in [0.1, 0.15) is 18.4 Å². The molecule has 4 nitrogen and oxygen atoms in total. The second kappa shape index (κ2) is 6.52. The standard InChI is InChI=1S/C14H21N3O/c15-8-6-14(18)16-13-7-9-17(11-13)10-12-4-2-1-3-5-12/h1-5,13H,6-11,15H2,(H,16,18)/t13-/m1/s1. The largest absolute Gasteiger partial charge is 0.352 e. The van der Waals surface area contributed by atoms with Crippen molar-refractivity contribution in [3.63, 3.8) is 0 Å². The summed E-state index contributed by atoms with van der Waals surface area (Å²) in [7, 11) is 0. The SMILES string of the molecule is NCCC(=O)N[C@@H]1CCN(Cc2ccccc2)C1. The maximum absolute atomic E-state index is 11.5. The van der Waals surface area contributed by atoms with Crippen LogP contribution in [0.4, 0.5) is 0 Å². The normalized spacial score (nSPS) is 19.9. The van der Waals surface area contributed by atoms with Crippen LogP contribution in [0.3, 0.4) is 0 Å². The first-order chi connectivity index (χ1) is 8.78. The molecule has 1 aliphatic rings. The molecule has 0 radical (unpaired) electrons. The molecule has 1 aliphatic heterocycles. The summed E-state index contributed by atoms with van der Waals surface area (Å²) < 4.78 is 0. The van der Waals surface area contributed by atoms with E-state index in [0.717, 1.165) is 26.1 Å². The molecule has 0 aromatic heterocycles. The number of benzene rings is 1. The van der Waals surface area contributed by atoms with Crippen molar-refractivity contribution in [3.8, 4) is 0 Å². The summed E-state index contributed by atoms with van der Waals surface area (Å²) in [5.41, 5.74) is 6.69. The predicted molar refractivity (Wildman–Crippen MR) is 71.9 cm³/mol. The number of rotatable bonds is 5. The van der Waals surface area contributed by atoms with Gasteiger partial charge in [-0.15, -0.1) is 0 Å². The fourth-order valence-corrected chi connectivity index (χ4v) is 2.37. The Kier molecular flexibility index (Phi) is 4.73. The van der Waals surface area contributed by atoms with Crippen molar-refractivity contribution < 1.29 is 4.79 Å². The van der Waals surface area contributed by atoms with E-state index in [1.165, 1.54) is 5.56 Å². The van der Waals surface area contributed by atoms with Crippen LogP contribution in [0.2, 0.25) is 0 Å². The van der Waals surface area contributed by atoms with Gasteiger partial charge in [-0.3, -0.25) is 9.69 Å². The van der Waals surface area contributed by atoms with Crippen molar-refractivity contribution >= 4 is 5.91 Å². The minimum atomic E-state index is 0.0732. The minimum Gasteiger partial charge on any atom is -0.352 e. The monoisotopic (exact) mass is 247 g/mol. The van der Waals surface area contributed by atoms with Crippen LogP contribution in [-0.2, 0) is 11.3 Å². The predicted octanol–water partition coefficient (Wildman–Crippen LogP) is 0.726. The molecule has 1 amide bonds. The first-order valence-electron chi connectivity index (χ1n) is 6.53. The van der Waals surface area contributed by atoms with E-state index < -0.39 is 0 Å². The quantitative estimate of drug-likeness (QED) is 0.806. The van der Waals surface area contributed by atoms with Gasteiger partial charge in [-0.1, -0.05) is 30.3 Å². The van der Waals surface area contributed by atoms with Gasteiger partial charge in [-0.05, 0) is 12.0 Å². The Morgan fingerprint density at radius 3 is 2.89 bits per heavy atom. The summed E-state index contributed by atoms with van der Waals surface area (Å²) in [6, 6.07) is 10.7. The number of nitrogens with zero attached hydrogens (tertiary/aromatic N) is 1. The molecule has 1 aromatic rings. The molecule has 1 saturated heterocycles. The lowest BCUT2D eigenvalue weighted by molar-refractivity contribution is -0.121. The second-order valence-electron chi connectivity index (χ2n) is 4.81. The topological polar surface area (TPSA) is 58.4 Å². The van der Waals surface area contributed by atoms with Crippen molar-refractivity contribution in [2.75, 3.05) is 19.6 Å². The molecular formula is C14H21N3O. The third kappa shape index (κ3) is 3.82. The molecule has 0 aliphatic carbocycles. The van der Waals surface area contributed by atoms with Crippen LogP contribution in [-0.4, -0.2) is 36.5 Å². The Bertz CT molecular complexity index is 380. The summed E-state index contributed by atoms with van der Waals surface area (Å²) >= 11 is 0. The van der Waals surface area contributed by atoms with Crippen LogP contribution in [0, 0.1) is 0 Å². The van der Waals surface area contributed by atoms with Gasteiger partial charge >= 0.3 is 0 Å². The minimum absolute atomic E-state index is 0.0732. The van der Waals surface area contributed by atoms with Gasteiger partial charge in [0.25, 0.3) is 0 Å². The first-order valence-corrected chi connectivity index (χ1v) is 6.53. The Labute approximate surface area is 108 Å². The summed E-state index contributed by atoms with van der Waals surface area (Å²) in [6.07, 6.45) is 1.46. The molecule has 1 atom stereocenters. The van der Waals surface area contributed by atoms with Crippen molar-refractivity contribution in [1.82, 2.24) is 10.2 Å². The number of carbonyl (C=O) groups is 1. The highest BCUT2D eigenvalue weighted by atomic mass is 16.1. The Balaban J connectivity index is 1.76. The van der Waals surface area contributed by atoms with Gasteiger partial charge in [0.15, 0.2) is 0 Å². The van der Waals surface area contributed by atoms with E-state index in [4.69, 9.17) is 5.73 Å². The van der Waals surface area contributed by atoms with Crippen molar-refractivity contribution in [1.29, 1.82) is 0 Å². The maximum Gasteiger partial charge on any atom is 0.221 e. The highest BCUT2D eigenvalue weighted by Crippen LogP contribution is 2.13. The number of nitrogens with one attached hydrogen (secondary N) is 1. The Morgan fingerprint density at radius 2 is 2.17 bits per heavy atom. The van der Waals surface area contributed by atoms with Crippen LogP contribution in [0.5, 0.6) is 0 Å². The zero-order valence-electron chi connectivity index (χ0n) is 10.6. The zero-order valence-corrected chi connectivity index (χ0v) is 10.6. The van der Waals surface area contributed by atoms with Crippen LogP contribution < -0.4 is 11.1 Å². The van der Waals surface area contributed by atoms with Crippen molar-refractivity contribution in [2.45, 2.75) is 25.4 Å². The lowest BCUT2D eigenvalue weighted by Gasteiger charge is -2.16. The number of hydrogen-bond acceptors (Lipinski definition) is 3. The van der Waals surface area contributed by atoms with Gasteiger partial charge in [-0.25, -0.2) is 0 Å². The average Bonchev–Trinajstić information content (AvgIpc) is 2.78. The third-order valence-electron chi connectivity index (χ3n) is 3.26. The second-order valence-corrected chi connectivity index (χ2v) is 4.81. The third-order valence-corrected chi connectivity index (χ3v) is 3.26. The van der Waals surface area contributed by atoms with E-state index >= 15 is 0 Å². The van der Waals surface area contributed by atoms with E-state index in [1.54, 1.807) is 0 Å². The molecule has 3 N–H and O–H groups in total.